The fourth-order valence-corrected chi connectivity index (χ4v) is 1.86. The molecular formula is C11H22N2O2. The molecule has 4 heteroatoms. The molecule has 1 aliphatic rings. The van der Waals surface area contributed by atoms with Crippen LogP contribution in [-0.2, 0) is 4.79 Å². The van der Waals surface area contributed by atoms with Gasteiger partial charge in [-0.25, -0.2) is 0 Å². The number of amides is 1. The van der Waals surface area contributed by atoms with Crippen molar-refractivity contribution >= 4 is 5.91 Å². The Labute approximate surface area is 91.4 Å². The molecule has 1 saturated carbocycles. The van der Waals surface area contributed by atoms with Crippen LogP contribution in [0.15, 0.2) is 0 Å². The lowest BCUT2D eigenvalue weighted by Crippen LogP contribution is -2.43. The highest BCUT2D eigenvalue weighted by molar-refractivity contribution is 5.78. The van der Waals surface area contributed by atoms with Gasteiger partial charge in [-0.05, 0) is 19.8 Å². The number of hydrogen-bond acceptors (Lipinski definition) is 3. The van der Waals surface area contributed by atoms with Crippen molar-refractivity contribution in [1.82, 2.24) is 10.6 Å². The van der Waals surface area contributed by atoms with Gasteiger partial charge in [-0.1, -0.05) is 19.3 Å². The van der Waals surface area contributed by atoms with Crippen LogP contribution < -0.4 is 10.6 Å². The van der Waals surface area contributed by atoms with Crippen LogP contribution in [0.5, 0.6) is 0 Å². The molecule has 0 aromatic heterocycles. The van der Waals surface area contributed by atoms with Gasteiger partial charge in [-0.15, -0.1) is 0 Å². The van der Waals surface area contributed by atoms with E-state index in [1.54, 1.807) is 0 Å². The fourth-order valence-electron chi connectivity index (χ4n) is 1.86. The van der Waals surface area contributed by atoms with Gasteiger partial charge in [0.25, 0.3) is 0 Å². The molecule has 1 rings (SSSR count). The molecule has 0 heterocycles. The van der Waals surface area contributed by atoms with Crippen molar-refractivity contribution in [3.8, 4) is 0 Å². The predicted octanol–water partition coefficient (Wildman–Crippen LogP) is 0.406. The Balaban J connectivity index is 2.11. The normalized spacial score (nSPS) is 19.9. The van der Waals surface area contributed by atoms with Crippen LogP contribution in [0.1, 0.15) is 39.0 Å². The zero-order chi connectivity index (χ0) is 11.1. The first-order valence-corrected chi connectivity index (χ1v) is 5.86. The van der Waals surface area contributed by atoms with E-state index in [2.05, 4.69) is 10.6 Å². The third kappa shape index (κ3) is 5.14. The Kier molecular flexibility index (Phi) is 5.65. The summed E-state index contributed by atoms with van der Waals surface area (Å²) >= 11 is 0. The Morgan fingerprint density at radius 2 is 2.07 bits per heavy atom. The number of carbonyl (C=O) groups is 1. The highest BCUT2D eigenvalue weighted by Crippen LogP contribution is 2.16. The third-order valence-corrected chi connectivity index (χ3v) is 2.86. The molecule has 4 nitrogen and oxygen atoms in total. The first kappa shape index (κ1) is 12.5. The summed E-state index contributed by atoms with van der Waals surface area (Å²) in [6, 6.07) is 0.361. The van der Waals surface area contributed by atoms with Crippen LogP contribution in [0.25, 0.3) is 0 Å². The maximum absolute atomic E-state index is 11.5. The lowest BCUT2D eigenvalue weighted by Gasteiger charge is -2.23. The van der Waals surface area contributed by atoms with Gasteiger partial charge in [-0.2, -0.15) is 0 Å². The van der Waals surface area contributed by atoms with Gasteiger partial charge in [0.15, 0.2) is 0 Å². The van der Waals surface area contributed by atoms with Crippen molar-refractivity contribution in [2.75, 3.05) is 13.2 Å². The zero-order valence-corrected chi connectivity index (χ0v) is 9.46. The zero-order valence-electron chi connectivity index (χ0n) is 9.46. The minimum atomic E-state index is -0.0119. The van der Waals surface area contributed by atoms with E-state index in [0.29, 0.717) is 12.6 Å². The van der Waals surface area contributed by atoms with Crippen molar-refractivity contribution in [3.63, 3.8) is 0 Å². The van der Waals surface area contributed by atoms with Gasteiger partial charge in [0.1, 0.15) is 0 Å². The van der Waals surface area contributed by atoms with E-state index in [9.17, 15) is 4.79 Å². The van der Waals surface area contributed by atoms with Gasteiger partial charge in [0, 0.05) is 12.1 Å². The summed E-state index contributed by atoms with van der Waals surface area (Å²) in [4.78, 5) is 11.5. The minimum absolute atomic E-state index is 0.0119. The Morgan fingerprint density at radius 3 is 2.67 bits per heavy atom. The molecule has 0 aromatic rings. The number of hydrogen-bond donors (Lipinski definition) is 3. The third-order valence-electron chi connectivity index (χ3n) is 2.86. The highest BCUT2D eigenvalue weighted by Gasteiger charge is 2.15. The molecule has 1 amide bonds. The van der Waals surface area contributed by atoms with Gasteiger partial charge in [0.05, 0.1) is 13.2 Å². The molecule has 0 bridgehead atoms. The van der Waals surface area contributed by atoms with Gasteiger partial charge in [-0.3, -0.25) is 4.79 Å². The van der Waals surface area contributed by atoms with Gasteiger partial charge >= 0.3 is 0 Å². The smallest absolute Gasteiger partial charge is 0.234 e. The molecule has 1 fully saturated rings. The number of aliphatic hydroxyl groups excluding tert-OH is 1. The molecule has 0 spiro atoms. The molecular weight excluding hydrogens is 192 g/mol. The lowest BCUT2D eigenvalue weighted by atomic mass is 9.95. The summed E-state index contributed by atoms with van der Waals surface area (Å²) in [7, 11) is 0. The van der Waals surface area contributed by atoms with Gasteiger partial charge < -0.3 is 15.7 Å². The molecule has 0 saturated heterocycles. The summed E-state index contributed by atoms with van der Waals surface area (Å²) in [5.74, 6) is 0.0437. The van der Waals surface area contributed by atoms with Crippen LogP contribution in [-0.4, -0.2) is 36.2 Å². The average molecular weight is 214 g/mol. The molecule has 0 aliphatic heterocycles. The van der Waals surface area contributed by atoms with Crippen LogP contribution >= 0.6 is 0 Å². The molecule has 15 heavy (non-hydrogen) atoms. The summed E-state index contributed by atoms with van der Waals surface area (Å²) < 4.78 is 0. The van der Waals surface area contributed by atoms with Crippen molar-refractivity contribution in [1.29, 1.82) is 0 Å². The maximum atomic E-state index is 11.5. The van der Waals surface area contributed by atoms with Crippen molar-refractivity contribution in [2.24, 2.45) is 0 Å². The molecule has 1 atom stereocenters. The Bertz CT molecular complexity index is 191. The van der Waals surface area contributed by atoms with Gasteiger partial charge in [0.2, 0.25) is 5.91 Å². The molecule has 88 valence electrons. The van der Waals surface area contributed by atoms with E-state index in [0.717, 1.165) is 12.8 Å². The molecule has 0 aromatic carbocycles. The monoisotopic (exact) mass is 214 g/mol. The first-order valence-electron chi connectivity index (χ1n) is 5.86. The standard InChI is InChI=1S/C11H22N2O2/c1-9(8-14)12-7-11(15)13-10-5-3-2-4-6-10/h9-10,12,14H,2-8H2,1H3,(H,13,15). The second-order valence-electron chi connectivity index (χ2n) is 4.37. The number of carbonyl (C=O) groups excluding carboxylic acids is 1. The summed E-state index contributed by atoms with van der Waals surface area (Å²) in [6.07, 6.45) is 5.98. The SMILES string of the molecule is CC(CO)NCC(=O)NC1CCCCC1. The van der Waals surface area contributed by atoms with E-state index >= 15 is 0 Å². The topological polar surface area (TPSA) is 61.4 Å². The minimum Gasteiger partial charge on any atom is -0.395 e. The first-order chi connectivity index (χ1) is 7.22. The summed E-state index contributed by atoms with van der Waals surface area (Å²) in [6.45, 7) is 2.23. The van der Waals surface area contributed by atoms with Crippen molar-refractivity contribution < 1.29 is 9.90 Å². The van der Waals surface area contributed by atoms with Crippen LogP contribution in [0.3, 0.4) is 0 Å². The van der Waals surface area contributed by atoms with E-state index in [1.807, 2.05) is 6.92 Å². The van der Waals surface area contributed by atoms with E-state index in [-0.39, 0.29) is 18.6 Å². The Hall–Kier alpha value is -0.610. The number of nitrogens with one attached hydrogen (secondary N) is 2. The van der Waals surface area contributed by atoms with E-state index < -0.39 is 0 Å². The fraction of sp³-hybridized carbons (Fsp3) is 0.909. The highest BCUT2D eigenvalue weighted by atomic mass is 16.3. The molecule has 0 radical (unpaired) electrons. The van der Waals surface area contributed by atoms with Crippen LogP contribution in [0.4, 0.5) is 0 Å². The molecule has 1 unspecified atom stereocenters. The molecule has 1 aliphatic carbocycles. The van der Waals surface area contributed by atoms with Crippen molar-refractivity contribution in [3.05, 3.63) is 0 Å². The van der Waals surface area contributed by atoms with Crippen LogP contribution in [0.2, 0.25) is 0 Å². The quantitative estimate of drug-likeness (QED) is 0.621. The maximum Gasteiger partial charge on any atom is 0.234 e. The average Bonchev–Trinajstić information content (AvgIpc) is 2.27. The number of rotatable bonds is 5. The lowest BCUT2D eigenvalue weighted by molar-refractivity contribution is -0.121. The number of aliphatic hydroxyl groups is 1. The van der Waals surface area contributed by atoms with E-state index in [4.69, 9.17) is 5.11 Å². The van der Waals surface area contributed by atoms with Crippen LogP contribution in [0, 0.1) is 0 Å². The predicted molar refractivity (Wildman–Crippen MR) is 59.6 cm³/mol. The second-order valence-corrected chi connectivity index (χ2v) is 4.37. The second kappa shape index (κ2) is 6.80. The summed E-state index contributed by atoms with van der Waals surface area (Å²) in [5.41, 5.74) is 0. The van der Waals surface area contributed by atoms with E-state index in [1.165, 1.54) is 19.3 Å². The van der Waals surface area contributed by atoms with Crippen molar-refractivity contribution in [2.45, 2.75) is 51.1 Å². The largest absolute Gasteiger partial charge is 0.395 e. The molecule has 3 N–H and O–H groups in total. The summed E-state index contributed by atoms with van der Waals surface area (Å²) in [5, 5.41) is 14.7. The Morgan fingerprint density at radius 1 is 1.40 bits per heavy atom.